The van der Waals surface area contributed by atoms with Crippen LogP contribution in [0.2, 0.25) is 0 Å². The molecule has 0 radical (unpaired) electrons. The summed E-state index contributed by atoms with van der Waals surface area (Å²) in [5, 5.41) is 7.28. The second-order valence-electron chi connectivity index (χ2n) is 5.72. The zero-order valence-corrected chi connectivity index (χ0v) is 13.1. The van der Waals surface area contributed by atoms with E-state index in [0.29, 0.717) is 18.7 Å². The molecular weight excluding hydrogens is 292 g/mol. The molecule has 0 atom stereocenters. The number of para-hydroxylation sites is 1. The van der Waals surface area contributed by atoms with Crippen molar-refractivity contribution < 1.29 is 9.59 Å². The summed E-state index contributed by atoms with van der Waals surface area (Å²) in [5.41, 5.74) is 1.36. The summed E-state index contributed by atoms with van der Waals surface area (Å²) in [6, 6.07) is 9.34. The second-order valence-corrected chi connectivity index (χ2v) is 5.72. The first-order chi connectivity index (χ1) is 11.1. The highest BCUT2D eigenvalue weighted by Gasteiger charge is 2.23. The summed E-state index contributed by atoms with van der Waals surface area (Å²) in [5.74, 6) is -0.00354. The van der Waals surface area contributed by atoms with Crippen LogP contribution in [0.3, 0.4) is 0 Å². The molecule has 1 fully saturated rings. The van der Waals surface area contributed by atoms with Crippen molar-refractivity contribution in [3.8, 4) is 5.69 Å². The van der Waals surface area contributed by atoms with E-state index in [-0.39, 0.29) is 17.9 Å². The molecule has 1 aliphatic rings. The summed E-state index contributed by atoms with van der Waals surface area (Å²) in [6.07, 6.45) is 5.08. The maximum absolute atomic E-state index is 12.6. The smallest absolute Gasteiger partial charge is 0.253 e. The van der Waals surface area contributed by atoms with Crippen molar-refractivity contribution in [3.63, 3.8) is 0 Å². The molecule has 1 aromatic heterocycles. The van der Waals surface area contributed by atoms with Crippen LogP contribution in [-0.2, 0) is 4.79 Å². The fourth-order valence-electron chi connectivity index (χ4n) is 2.88. The minimum atomic E-state index is -0.0997. The van der Waals surface area contributed by atoms with Gasteiger partial charge < -0.3 is 10.2 Å². The van der Waals surface area contributed by atoms with Gasteiger partial charge in [-0.15, -0.1) is 0 Å². The van der Waals surface area contributed by atoms with Gasteiger partial charge in [0.05, 0.1) is 11.3 Å². The number of carbonyl (C=O) groups excluding carboxylic acids is 2. The number of amides is 2. The third-order valence-electron chi connectivity index (χ3n) is 4.18. The van der Waals surface area contributed by atoms with Gasteiger partial charge in [0.25, 0.3) is 5.91 Å². The van der Waals surface area contributed by atoms with Crippen molar-refractivity contribution >= 4 is 11.8 Å². The fourth-order valence-corrected chi connectivity index (χ4v) is 2.88. The second kappa shape index (κ2) is 6.64. The van der Waals surface area contributed by atoms with E-state index < -0.39 is 0 Å². The summed E-state index contributed by atoms with van der Waals surface area (Å²) in [4.78, 5) is 25.8. The molecule has 6 heteroatoms. The monoisotopic (exact) mass is 312 g/mol. The average Bonchev–Trinajstić information content (AvgIpc) is 3.09. The molecular formula is C17H20N4O2. The van der Waals surface area contributed by atoms with Gasteiger partial charge in [0, 0.05) is 38.4 Å². The molecule has 2 amide bonds. The van der Waals surface area contributed by atoms with E-state index in [1.54, 1.807) is 23.9 Å². The van der Waals surface area contributed by atoms with Gasteiger partial charge in [-0.1, -0.05) is 12.1 Å². The molecule has 0 aliphatic carbocycles. The third-order valence-corrected chi connectivity index (χ3v) is 4.18. The Labute approximate surface area is 135 Å². The van der Waals surface area contributed by atoms with E-state index in [9.17, 15) is 9.59 Å². The molecule has 1 aromatic carbocycles. The van der Waals surface area contributed by atoms with Gasteiger partial charge in [-0.3, -0.25) is 9.59 Å². The molecule has 1 saturated heterocycles. The van der Waals surface area contributed by atoms with Crippen LogP contribution < -0.4 is 5.32 Å². The van der Waals surface area contributed by atoms with Crippen LogP contribution in [0.15, 0.2) is 42.7 Å². The number of nitrogens with one attached hydrogen (secondary N) is 1. The van der Waals surface area contributed by atoms with Crippen LogP contribution in [0, 0.1) is 0 Å². The molecule has 0 saturated carbocycles. The van der Waals surface area contributed by atoms with Crippen LogP contribution in [0.4, 0.5) is 0 Å². The molecule has 0 bridgehead atoms. The van der Waals surface area contributed by atoms with Crippen LogP contribution in [0.5, 0.6) is 0 Å². The fraction of sp³-hybridized carbons (Fsp3) is 0.353. The van der Waals surface area contributed by atoms with Gasteiger partial charge in [0.1, 0.15) is 0 Å². The maximum atomic E-state index is 12.6. The van der Waals surface area contributed by atoms with Gasteiger partial charge >= 0.3 is 0 Å². The lowest BCUT2D eigenvalue weighted by Crippen LogP contribution is -2.46. The van der Waals surface area contributed by atoms with E-state index >= 15 is 0 Å². The van der Waals surface area contributed by atoms with Crippen LogP contribution >= 0.6 is 0 Å². The maximum Gasteiger partial charge on any atom is 0.253 e. The lowest BCUT2D eigenvalue weighted by atomic mass is 10.0. The molecule has 0 unspecified atom stereocenters. The lowest BCUT2D eigenvalue weighted by molar-refractivity contribution is -0.129. The molecule has 3 rings (SSSR count). The zero-order valence-electron chi connectivity index (χ0n) is 13.1. The molecule has 2 aromatic rings. The highest BCUT2D eigenvalue weighted by molar-refractivity contribution is 5.97. The normalized spacial score (nSPS) is 15.4. The van der Waals surface area contributed by atoms with E-state index in [1.807, 2.05) is 35.4 Å². The number of benzene rings is 1. The quantitative estimate of drug-likeness (QED) is 0.936. The summed E-state index contributed by atoms with van der Waals surface area (Å²) >= 11 is 0. The topological polar surface area (TPSA) is 67.2 Å². The Bertz CT molecular complexity index is 688. The third kappa shape index (κ3) is 3.41. The summed E-state index contributed by atoms with van der Waals surface area (Å²) in [7, 11) is 0. The summed E-state index contributed by atoms with van der Waals surface area (Å²) < 4.78 is 1.69. The molecule has 1 aliphatic heterocycles. The number of piperidine rings is 1. The lowest BCUT2D eigenvalue weighted by Gasteiger charge is -2.31. The number of rotatable bonds is 3. The largest absolute Gasteiger partial charge is 0.349 e. The Morgan fingerprint density at radius 3 is 2.57 bits per heavy atom. The Morgan fingerprint density at radius 2 is 1.91 bits per heavy atom. The molecule has 6 nitrogen and oxygen atoms in total. The Balaban J connectivity index is 1.69. The number of nitrogens with zero attached hydrogens (tertiary/aromatic N) is 3. The van der Waals surface area contributed by atoms with Gasteiger partial charge in [0.2, 0.25) is 5.91 Å². The minimum Gasteiger partial charge on any atom is -0.349 e. The highest BCUT2D eigenvalue weighted by atomic mass is 16.2. The van der Waals surface area contributed by atoms with Gasteiger partial charge in [-0.2, -0.15) is 5.10 Å². The Morgan fingerprint density at radius 1 is 1.17 bits per heavy atom. The molecule has 23 heavy (non-hydrogen) atoms. The van der Waals surface area contributed by atoms with Crippen molar-refractivity contribution in [2.75, 3.05) is 13.1 Å². The van der Waals surface area contributed by atoms with E-state index in [0.717, 1.165) is 18.5 Å². The number of hydrogen-bond donors (Lipinski definition) is 1. The summed E-state index contributed by atoms with van der Waals surface area (Å²) in [6.45, 7) is 2.97. The number of hydrogen-bond acceptors (Lipinski definition) is 3. The predicted molar refractivity (Wildman–Crippen MR) is 86.3 cm³/mol. The van der Waals surface area contributed by atoms with Crippen LogP contribution in [0.25, 0.3) is 5.69 Å². The molecule has 120 valence electrons. The predicted octanol–water partition coefficient (Wildman–Crippen LogP) is 1.61. The average molecular weight is 312 g/mol. The van der Waals surface area contributed by atoms with E-state index in [2.05, 4.69) is 10.4 Å². The van der Waals surface area contributed by atoms with Crippen molar-refractivity contribution in [1.29, 1.82) is 0 Å². The van der Waals surface area contributed by atoms with Crippen molar-refractivity contribution in [1.82, 2.24) is 20.0 Å². The first kappa shape index (κ1) is 15.3. The molecule has 1 N–H and O–H groups in total. The van der Waals surface area contributed by atoms with Crippen molar-refractivity contribution in [3.05, 3.63) is 48.3 Å². The zero-order chi connectivity index (χ0) is 16.2. The van der Waals surface area contributed by atoms with Gasteiger partial charge in [-0.05, 0) is 31.0 Å². The van der Waals surface area contributed by atoms with Gasteiger partial charge in [-0.25, -0.2) is 4.68 Å². The highest BCUT2D eigenvalue weighted by Crippen LogP contribution is 2.16. The number of aromatic nitrogens is 2. The van der Waals surface area contributed by atoms with E-state index in [1.165, 1.54) is 0 Å². The van der Waals surface area contributed by atoms with E-state index in [4.69, 9.17) is 0 Å². The first-order valence-corrected chi connectivity index (χ1v) is 7.80. The Hall–Kier alpha value is -2.63. The molecule has 2 heterocycles. The van der Waals surface area contributed by atoms with Crippen molar-refractivity contribution in [2.24, 2.45) is 0 Å². The van der Waals surface area contributed by atoms with Gasteiger partial charge in [0.15, 0.2) is 0 Å². The SMILES string of the molecule is CC(=O)N1CCC(NC(=O)c2ccccc2-n2cccn2)CC1. The van der Waals surface area contributed by atoms with Crippen LogP contribution in [0.1, 0.15) is 30.1 Å². The Kier molecular flexibility index (Phi) is 4.41. The number of likely N-dealkylation sites (tertiary alicyclic amines) is 1. The van der Waals surface area contributed by atoms with Crippen molar-refractivity contribution in [2.45, 2.75) is 25.8 Å². The minimum absolute atomic E-state index is 0.0961. The molecule has 0 spiro atoms. The first-order valence-electron chi connectivity index (χ1n) is 7.80. The standard InChI is InChI=1S/C17H20N4O2/c1-13(22)20-11-7-14(8-12-20)19-17(23)15-5-2-3-6-16(15)21-10-4-9-18-21/h2-6,9-10,14H,7-8,11-12H2,1H3,(H,19,23). The number of carbonyl (C=O) groups is 2. The van der Waals surface area contributed by atoms with Crippen LogP contribution in [-0.4, -0.2) is 45.6 Å².